The number of hydrogen-bond acceptors (Lipinski definition) is 7. The van der Waals surface area contributed by atoms with Crippen LogP contribution in [-0.4, -0.2) is 40.3 Å². The van der Waals surface area contributed by atoms with Gasteiger partial charge in [-0.3, -0.25) is 19.1 Å². The maximum absolute atomic E-state index is 13.8. The molecule has 0 aliphatic carbocycles. The molecule has 0 saturated heterocycles. The standard InChI is InChI=1S/C29H26ClN5O5/c1-34-9-8-20(33-34)13-24(25(36)10-17-4-7-21(29(32)38)26(11-17)39-2)35-16-27(40-3)23(14-28(35)37)22-12-19(30)6-5-18(22)15-31/h4-9,11-12,14,16,24H,10,13H2,1-3H3,(H2,32,38). The van der Waals surface area contributed by atoms with Gasteiger partial charge in [0.2, 0.25) is 0 Å². The molecule has 0 spiro atoms. The lowest BCUT2D eigenvalue weighted by Crippen LogP contribution is -2.32. The number of halogens is 1. The van der Waals surface area contributed by atoms with Crippen LogP contribution in [0.25, 0.3) is 11.1 Å². The highest BCUT2D eigenvalue weighted by Crippen LogP contribution is 2.34. The summed E-state index contributed by atoms with van der Waals surface area (Å²) in [7, 11) is 4.60. The minimum Gasteiger partial charge on any atom is -0.496 e. The molecule has 4 rings (SSSR count). The number of aryl methyl sites for hydroxylation is 1. The number of carbonyl (C=O) groups excluding carboxylic acids is 2. The summed E-state index contributed by atoms with van der Waals surface area (Å²) >= 11 is 6.18. The Kier molecular flexibility index (Phi) is 8.36. The van der Waals surface area contributed by atoms with E-state index in [1.54, 1.807) is 54.3 Å². The Labute approximate surface area is 235 Å². The summed E-state index contributed by atoms with van der Waals surface area (Å²) in [5, 5.41) is 14.4. The zero-order chi connectivity index (χ0) is 29.0. The van der Waals surface area contributed by atoms with Crippen molar-refractivity contribution < 1.29 is 19.1 Å². The number of Topliss-reactive ketones (excluding diaryl/α,β-unsaturated/α-hetero) is 1. The molecule has 11 heteroatoms. The maximum atomic E-state index is 13.8. The molecule has 0 radical (unpaired) electrons. The quantitative estimate of drug-likeness (QED) is 0.313. The van der Waals surface area contributed by atoms with Gasteiger partial charge in [0.15, 0.2) is 5.78 Å². The number of nitrogens with two attached hydrogens (primary N) is 1. The van der Waals surface area contributed by atoms with Gasteiger partial charge in [-0.1, -0.05) is 17.7 Å². The Morgan fingerprint density at radius 1 is 1.07 bits per heavy atom. The third kappa shape index (κ3) is 5.90. The first-order chi connectivity index (χ1) is 19.1. The summed E-state index contributed by atoms with van der Waals surface area (Å²) in [4.78, 5) is 39.0. The van der Waals surface area contributed by atoms with Crippen LogP contribution in [0.15, 0.2) is 65.7 Å². The summed E-state index contributed by atoms with van der Waals surface area (Å²) in [6, 6.07) is 13.7. The molecule has 4 aromatic rings. The van der Waals surface area contributed by atoms with Crippen molar-refractivity contribution in [2.75, 3.05) is 14.2 Å². The van der Waals surface area contributed by atoms with Crippen LogP contribution in [0.4, 0.5) is 0 Å². The molecule has 2 aromatic carbocycles. The fourth-order valence-corrected chi connectivity index (χ4v) is 4.66. The summed E-state index contributed by atoms with van der Waals surface area (Å²) in [5.41, 5.74) is 7.43. The van der Waals surface area contributed by atoms with Crippen LogP contribution in [-0.2, 0) is 24.7 Å². The smallest absolute Gasteiger partial charge is 0.252 e. The van der Waals surface area contributed by atoms with Crippen LogP contribution in [0.1, 0.15) is 33.2 Å². The van der Waals surface area contributed by atoms with Gasteiger partial charge in [-0.05, 0) is 42.0 Å². The summed E-state index contributed by atoms with van der Waals surface area (Å²) in [6.45, 7) is 0. The van der Waals surface area contributed by atoms with E-state index in [2.05, 4.69) is 11.2 Å². The topological polar surface area (TPSA) is 142 Å². The predicted octanol–water partition coefficient (Wildman–Crippen LogP) is 3.49. The van der Waals surface area contributed by atoms with E-state index in [0.29, 0.717) is 33.0 Å². The maximum Gasteiger partial charge on any atom is 0.252 e. The highest BCUT2D eigenvalue weighted by molar-refractivity contribution is 6.31. The minimum absolute atomic E-state index is 0.0592. The molecule has 204 valence electrons. The Balaban J connectivity index is 1.79. The molecule has 0 aliphatic heterocycles. The number of methoxy groups -OCH3 is 2. The second-order valence-electron chi connectivity index (χ2n) is 9.05. The van der Waals surface area contributed by atoms with Crippen LogP contribution < -0.4 is 20.8 Å². The van der Waals surface area contributed by atoms with Gasteiger partial charge in [-0.15, -0.1) is 0 Å². The normalized spacial score (nSPS) is 11.5. The van der Waals surface area contributed by atoms with E-state index >= 15 is 0 Å². The fourth-order valence-electron chi connectivity index (χ4n) is 4.49. The number of amides is 1. The molecule has 1 unspecified atom stereocenters. The van der Waals surface area contributed by atoms with E-state index in [-0.39, 0.29) is 35.7 Å². The predicted molar refractivity (Wildman–Crippen MR) is 149 cm³/mol. The SMILES string of the molecule is COc1cc(CC(=O)C(Cc2ccn(C)n2)n2cc(OC)c(-c3cc(Cl)ccc3C#N)cc2=O)ccc1C(N)=O. The van der Waals surface area contributed by atoms with Crippen molar-refractivity contribution in [3.05, 3.63) is 98.7 Å². The number of ether oxygens (including phenoxy) is 2. The zero-order valence-electron chi connectivity index (χ0n) is 22.1. The molecule has 1 amide bonds. The van der Waals surface area contributed by atoms with Crippen molar-refractivity contribution in [3.63, 3.8) is 0 Å². The van der Waals surface area contributed by atoms with E-state index in [0.717, 1.165) is 0 Å². The molecule has 40 heavy (non-hydrogen) atoms. The first-order valence-electron chi connectivity index (χ1n) is 12.1. The summed E-state index contributed by atoms with van der Waals surface area (Å²) < 4.78 is 13.8. The number of nitriles is 1. The number of nitrogens with zero attached hydrogens (tertiary/aromatic N) is 4. The van der Waals surface area contributed by atoms with Crippen molar-refractivity contribution in [1.82, 2.24) is 14.3 Å². The monoisotopic (exact) mass is 559 g/mol. The second-order valence-corrected chi connectivity index (χ2v) is 9.48. The number of aromatic nitrogens is 3. The third-order valence-electron chi connectivity index (χ3n) is 6.44. The van der Waals surface area contributed by atoms with Gasteiger partial charge in [-0.2, -0.15) is 10.4 Å². The lowest BCUT2D eigenvalue weighted by atomic mass is 9.97. The molecule has 1 atom stereocenters. The molecule has 10 nitrogen and oxygen atoms in total. The van der Waals surface area contributed by atoms with E-state index in [1.165, 1.54) is 37.1 Å². The lowest BCUT2D eigenvalue weighted by Gasteiger charge is -2.21. The van der Waals surface area contributed by atoms with Gasteiger partial charge in [0.1, 0.15) is 17.5 Å². The number of benzene rings is 2. The van der Waals surface area contributed by atoms with Crippen molar-refractivity contribution >= 4 is 23.3 Å². The van der Waals surface area contributed by atoms with Gasteiger partial charge >= 0.3 is 0 Å². The van der Waals surface area contributed by atoms with Crippen molar-refractivity contribution in [3.8, 4) is 28.7 Å². The van der Waals surface area contributed by atoms with E-state index in [9.17, 15) is 19.6 Å². The van der Waals surface area contributed by atoms with Crippen molar-refractivity contribution in [2.24, 2.45) is 12.8 Å². The molecule has 0 saturated carbocycles. The zero-order valence-corrected chi connectivity index (χ0v) is 22.8. The number of carbonyl (C=O) groups is 2. The van der Waals surface area contributed by atoms with Gasteiger partial charge in [0, 0.05) is 48.3 Å². The Morgan fingerprint density at radius 3 is 2.45 bits per heavy atom. The number of hydrogen-bond donors (Lipinski definition) is 1. The van der Waals surface area contributed by atoms with Gasteiger partial charge in [0.05, 0.1) is 43.3 Å². The second kappa shape index (κ2) is 11.9. The molecule has 0 aliphatic rings. The molecule has 2 heterocycles. The molecule has 0 bridgehead atoms. The number of ketones is 1. The largest absolute Gasteiger partial charge is 0.496 e. The van der Waals surface area contributed by atoms with Gasteiger partial charge < -0.3 is 19.8 Å². The fraction of sp³-hybridized carbons (Fsp3) is 0.207. The average molecular weight is 560 g/mol. The van der Waals surface area contributed by atoms with Gasteiger partial charge in [0.25, 0.3) is 11.5 Å². The molecule has 2 aromatic heterocycles. The van der Waals surface area contributed by atoms with Gasteiger partial charge in [-0.25, -0.2) is 0 Å². The molecular weight excluding hydrogens is 534 g/mol. The minimum atomic E-state index is -0.943. The van der Waals surface area contributed by atoms with Crippen LogP contribution in [0, 0.1) is 11.3 Å². The highest BCUT2D eigenvalue weighted by Gasteiger charge is 2.26. The Morgan fingerprint density at radius 2 is 1.82 bits per heavy atom. The number of primary amides is 1. The first kappa shape index (κ1) is 28.1. The van der Waals surface area contributed by atoms with E-state index < -0.39 is 17.5 Å². The third-order valence-corrected chi connectivity index (χ3v) is 6.68. The van der Waals surface area contributed by atoms with Crippen LogP contribution in [0.5, 0.6) is 11.5 Å². The highest BCUT2D eigenvalue weighted by atomic mass is 35.5. The number of rotatable bonds is 10. The molecule has 0 fully saturated rings. The van der Waals surface area contributed by atoms with Crippen LogP contribution >= 0.6 is 11.6 Å². The van der Waals surface area contributed by atoms with Crippen LogP contribution in [0.2, 0.25) is 5.02 Å². The van der Waals surface area contributed by atoms with E-state index in [1.807, 2.05) is 0 Å². The molecular formula is C29H26ClN5O5. The average Bonchev–Trinajstić information content (AvgIpc) is 3.35. The molecule has 2 N–H and O–H groups in total. The number of pyridine rings is 1. The Hall–Kier alpha value is -4.88. The van der Waals surface area contributed by atoms with Crippen LogP contribution in [0.3, 0.4) is 0 Å². The van der Waals surface area contributed by atoms with E-state index in [4.69, 9.17) is 26.8 Å². The van der Waals surface area contributed by atoms with Crippen molar-refractivity contribution in [2.45, 2.75) is 18.9 Å². The lowest BCUT2D eigenvalue weighted by molar-refractivity contribution is -0.121. The first-order valence-corrected chi connectivity index (χ1v) is 12.5. The summed E-state index contributed by atoms with van der Waals surface area (Å²) in [6.07, 6.45) is 3.29. The summed E-state index contributed by atoms with van der Waals surface area (Å²) in [5.74, 6) is -0.403. The Bertz CT molecular complexity index is 1700. The van der Waals surface area contributed by atoms with Crippen molar-refractivity contribution in [1.29, 1.82) is 5.26 Å².